The molecule has 3 heterocycles. The van der Waals surface area contributed by atoms with Crippen molar-refractivity contribution in [2.45, 2.75) is 18.3 Å². The van der Waals surface area contributed by atoms with Crippen LogP contribution >= 0.6 is 11.8 Å². The van der Waals surface area contributed by atoms with E-state index in [1.54, 1.807) is 42.5 Å². The molecule has 5 aromatic rings. The summed E-state index contributed by atoms with van der Waals surface area (Å²) in [6, 6.07) is 25.0. The van der Waals surface area contributed by atoms with E-state index in [9.17, 15) is 14.4 Å². The molecule has 1 atom stereocenters. The van der Waals surface area contributed by atoms with Gasteiger partial charge in [0.2, 0.25) is 12.7 Å². The number of benzene rings is 4. The zero-order valence-electron chi connectivity index (χ0n) is 24.4. The Morgan fingerprint density at radius 2 is 1.70 bits per heavy atom. The van der Waals surface area contributed by atoms with Crippen molar-refractivity contribution in [2.75, 3.05) is 17.4 Å². The van der Waals surface area contributed by atoms with Crippen LogP contribution in [0.4, 0.5) is 21.0 Å². The van der Waals surface area contributed by atoms with Crippen molar-refractivity contribution in [3.63, 3.8) is 0 Å². The van der Waals surface area contributed by atoms with Gasteiger partial charge in [0.15, 0.2) is 11.5 Å². The number of rotatable bonds is 9. The van der Waals surface area contributed by atoms with Gasteiger partial charge in [0.05, 0.1) is 16.3 Å². The first-order valence-electron chi connectivity index (χ1n) is 14.3. The summed E-state index contributed by atoms with van der Waals surface area (Å²) < 4.78 is 24.7. The summed E-state index contributed by atoms with van der Waals surface area (Å²) in [5.74, 6) is 3.52. The van der Waals surface area contributed by atoms with Crippen LogP contribution in [0.5, 0.6) is 28.7 Å². The van der Waals surface area contributed by atoms with Gasteiger partial charge in [0.25, 0.3) is 5.24 Å². The maximum Gasteiger partial charge on any atom is 0.323 e. The molecule has 0 saturated carbocycles. The van der Waals surface area contributed by atoms with E-state index >= 15 is 0 Å². The summed E-state index contributed by atoms with van der Waals surface area (Å²) in [5.41, 5.74) is 3.73. The first kappa shape index (κ1) is 29.0. The van der Waals surface area contributed by atoms with Crippen molar-refractivity contribution in [2.24, 2.45) is 7.05 Å². The predicted octanol–water partition coefficient (Wildman–Crippen LogP) is 6.21. The zero-order valence-corrected chi connectivity index (χ0v) is 25.3. The lowest BCUT2D eigenvalue weighted by atomic mass is 10.1. The van der Waals surface area contributed by atoms with Gasteiger partial charge < -0.3 is 34.1 Å². The standard InChI is InChI=1S/C33H27N5O7S/c1-38-26-16-24(45-23-4-2-3-20(14-23)34-32(40)35-21-7-12-27-28(15-21)44-18-43-27)10-11-25(26)36-30(38)17-42-22-8-5-19(6-9-22)13-29-31(39)37-33(41)46-29/h2-12,14-16,29H,13,17-18H2,1H3,(H2,34,35,40)(H,37,39,41). The van der Waals surface area contributed by atoms with E-state index in [1.807, 2.05) is 54.1 Å². The largest absolute Gasteiger partial charge is 0.486 e. The smallest absolute Gasteiger partial charge is 0.323 e. The molecule has 0 aliphatic carbocycles. The van der Waals surface area contributed by atoms with Crippen LogP contribution in [0, 0.1) is 0 Å². The van der Waals surface area contributed by atoms with Gasteiger partial charge in [-0.15, -0.1) is 0 Å². The zero-order chi connectivity index (χ0) is 31.6. The molecule has 0 bridgehead atoms. The van der Waals surface area contributed by atoms with Crippen LogP contribution in [0.2, 0.25) is 0 Å². The SMILES string of the molecule is Cn1c(COc2ccc(CC3SC(=O)NC3=O)cc2)nc2ccc(Oc3cccc(NC(=O)Nc4ccc5c(c4)OCO5)c3)cc21. The monoisotopic (exact) mass is 637 g/mol. The molecular formula is C33H27N5O7S. The molecule has 12 nitrogen and oxygen atoms in total. The number of amides is 4. The number of imide groups is 1. The average molecular weight is 638 g/mol. The van der Waals surface area contributed by atoms with Gasteiger partial charge in [0, 0.05) is 36.6 Å². The van der Waals surface area contributed by atoms with Crippen molar-refractivity contribution in [1.29, 1.82) is 0 Å². The maximum absolute atomic E-state index is 12.6. The molecule has 2 aliphatic heterocycles. The van der Waals surface area contributed by atoms with Crippen LogP contribution in [0.1, 0.15) is 11.4 Å². The Bertz CT molecular complexity index is 1980. The van der Waals surface area contributed by atoms with Gasteiger partial charge in [-0.1, -0.05) is 30.0 Å². The van der Waals surface area contributed by atoms with Gasteiger partial charge in [-0.05, 0) is 60.5 Å². The number of fused-ring (bicyclic) bond motifs is 2. The number of anilines is 2. The third kappa shape index (κ3) is 6.40. The van der Waals surface area contributed by atoms with E-state index in [0.717, 1.165) is 34.2 Å². The molecule has 7 rings (SSSR count). The van der Waals surface area contributed by atoms with Crippen molar-refractivity contribution in [3.8, 4) is 28.7 Å². The molecule has 1 aromatic heterocycles. The van der Waals surface area contributed by atoms with Gasteiger partial charge >= 0.3 is 6.03 Å². The third-order valence-electron chi connectivity index (χ3n) is 7.38. The van der Waals surface area contributed by atoms with Gasteiger partial charge in [-0.2, -0.15) is 0 Å². The van der Waals surface area contributed by atoms with Crippen molar-refractivity contribution < 1.29 is 33.3 Å². The van der Waals surface area contributed by atoms with E-state index in [2.05, 4.69) is 16.0 Å². The Kier molecular flexibility index (Phi) is 7.81. The van der Waals surface area contributed by atoms with Gasteiger partial charge in [-0.3, -0.25) is 14.9 Å². The summed E-state index contributed by atoms with van der Waals surface area (Å²) in [7, 11) is 1.91. The quantitative estimate of drug-likeness (QED) is 0.172. The molecule has 3 N–H and O–H groups in total. The van der Waals surface area contributed by atoms with Crippen LogP contribution in [-0.4, -0.2) is 38.8 Å². The summed E-state index contributed by atoms with van der Waals surface area (Å²) in [6.07, 6.45) is 0.468. The molecule has 1 unspecified atom stereocenters. The fraction of sp³-hybridized carbons (Fsp3) is 0.152. The summed E-state index contributed by atoms with van der Waals surface area (Å²) in [4.78, 5) is 40.6. The first-order valence-corrected chi connectivity index (χ1v) is 15.2. The van der Waals surface area contributed by atoms with Crippen LogP contribution in [0.25, 0.3) is 11.0 Å². The molecule has 4 amide bonds. The molecule has 2 aliphatic rings. The van der Waals surface area contributed by atoms with Crippen LogP contribution in [0.15, 0.2) is 84.9 Å². The lowest BCUT2D eigenvalue weighted by Gasteiger charge is -2.11. The highest BCUT2D eigenvalue weighted by Crippen LogP contribution is 2.34. The highest BCUT2D eigenvalue weighted by molar-refractivity contribution is 8.15. The normalized spacial score (nSPS) is 15.1. The van der Waals surface area contributed by atoms with Crippen molar-refractivity contribution >= 4 is 51.3 Å². The molecule has 232 valence electrons. The lowest BCUT2D eigenvalue weighted by Crippen LogP contribution is -2.25. The predicted molar refractivity (Wildman–Crippen MR) is 172 cm³/mol. The average Bonchev–Trinajstić information content (AvgIpc) is 3.73. The topological polar surface area (TPSA) is 142 Å². The Balaban J connectivity index is 0.961. The molecule has 4 aromatic carbocycles. The fourth-order valence-corrected chi connectivity index (χ4v) is 5.92. The van der Waals surface area contributed by atoms with E-state index in [-0.39, 0.29) is 24.5 Å². The van der Waals surface area contributed by atoms with Crippen molar-refractivity contribution in [3.05, 3.63) is 96.3 Å². The molecular weight excluding hydrogens is 610 g/mol. The number of aromatic nitrogens is 2. The molecule has 0 radical (unpaired) electrons. The van der Waals surface area contributed by atoms with Crippen LogP contribution in [-0.2, 0) is 24.9 Å². The Morgan fingerprint density at radius 3 is 2.50 bits per heavy atom. The number of aryl methyl sites for hydroxylation is 1. The number of hydrogen-bond donors (Lipinski definition) is 3. The number of ether oxygens (including phenoxy) is 4. The van der Waals surface area contributed by atoms with Gasteiger partial charge in [-0.25, -0.2) is 9.78 Å². The number of nitrogens with one attached hydrogen (secondary N) is 3. The second-order valence-corrected chi connectivity index (χ2v) is 11.7. The van der Waals surface area contributed by atoms with E-state index < -0.39 is 11.3 Å². The molecule has 13 heteroatoms. The summed E-state index contributed by atoms with van der Waals surface area (Å²) >= 11 is 1.02. The number of carbonyl (C=O) groups excluding carboxylic acids is 3. The van der Waals surface area contributed by atoms with Gasteiger partial charge in [0.1, 0.15) is 29.7 Å². The van der Waals surface area contributed by atoms with E-state index in [1.165, 1.54) is 0 Å². The number of carbonyl (C=O) groups is 3. The number of hydrogen-bond acceptors (Lipinski definition) is 9. The van der Waals surface area contributed by atoms with E-state index in [0.29, 0.717) is 46.5 Å². The Labute approximate surface area is 267 Å². The number of imidazole rings is 1. The third-order valence-corrected chi connectivity index (χ3v) is 8.36. The second-order valence-electron chi connectivity index (χ2n) is 10.5. The number of thioether (sulfide) groups is 1. The number of nitrogens with zero attached hydrogens (tertiary/aromatic N) is 2. The minimum Gasteiger partial charge on any atom is -0.486 e. The molecule has 46 heavy (non-hydrogen) atoms. The lowest BCUT2D eigenvalue weighted by molar-refractivity contribution is -0.118. The summed E-state index contributed by atoms with van der Waals surface area (Å²) in [6.45, 7) is 0.408. The minimum absolute atomic E-state index is 0.160. The fourth-order valence-electron chi connectivity index (χ4n) is 5.06. The molecule has 1 fully saturated rings. The number of urea groups is 1. The summed E-state index contributed by atoms with van der Waals surface area (Å²) in [5, 5.41) is 7.20. The van der Waals surface area contributed by atoms with Crippen molar-refractivity contribution in [1.82, 2.24) is 14.9 Å². The maximum atomic E-state index is 12.6. The highest BCUT2D eigenvalue weighted by atomic mass is 32.2. The Morgan fingerprint density at radius 1 is 0.935 bits per heavy atom. The minimum atomic E-state index is -0.409. The second kappa shape index (κ2) is 12.4. The van der Waals surface area contributed by atoms with Crippen LogP contribution in [0.3, 0.4) is 0 Å². The first-order chi connectivity index (χ1) is 22.4. The highest BCUT2D eigenvalue weighted by Gasteiger charge is 2.31. The molecule has 1 saturated heterocycles. The van der Waals surface area contributed by atoms with E-state index in [4.69, 9.17) is 23.9 Å². The molecule has 0 spiro atoms. The van der Waals surface area contributed by atoms with Crippen LogP contribution < -0.4 is 34.9 Å². The Hall–Kier alpha value is -5.69.